The van der Waals surface area contributed by atoms with E-state index in [9.17, 15) is 0 Å². The third-order valence-electron chi connectivity index (χ3n) is 2.95. The van der Waals surface area contributed by atoms with Crippen LogP contribution in [0.4, 0.5) is 5.69 Å². The molecule has 0 radical (unpaired) electrons. The third kappa shape index (κ3) is 3.37. The normalized spacial score (nSPS) is 10.7. The van der Waals surface area contributed by atoms with Gasteiger partial charge in [0.2, 0.25) is 0 Å². The minimum atomic E-state index is 0.752. The van der Waals surface area contributed by atoms with Crippen molar-refractivity contribution >= 4 is 16.6 Å². The summed E-state index contributed by atoms with van der Waals surface area (Å²) in [5, 5.41) is 4.60. The van der Waals surface area contributed by atoms with Gasteiger partial charge in [0.05, 0.1) is 12.1 Å². The van der Waals surface area contributed by atoms with E-state index in [4.69, 9.17) is 4.74 Å². The number of aryl methyl sites for hydroxylation is 1. The fourth-order valence-corrected chi connectivity index (χ4v) is 2.05. The molecule has 0 fully saturated rings. The molecule has 0 saturated heterocycles. The number of nitrogens with zero attached hydrogens (tertiary/aromatic N) is 1. The number of aromatic nitrogens is 1. The molecule has 1 N–H and O–H groups in total. The van der Waals surface area contributed by atoms with Crippen LogP contribution in [-0.4, -0.2) is 18.1 Å². The molecule has 1 heterocycles. The second-order valence-electron chi connectivity index (χ2n) is 4.77. The highest BCUT2D eigenvalue weighted by Crippen LogP contribution is 2.27. The molecule has 0 spiro atoms. The molecule has 1 aromatic heterocycles. The lowest BCUT2D eigenvalue weighted by Crippen LogP contribution is -2.02. The largest absolute Gasteiger partial charge is 0.494 e. The van der Waals surface area contributed by atoms with Crippen LogP contribution in [0.1, 0.15) is 32.4 Å². The van der Waals surface area contributed by atoms with Crippen LogP contribution in [0.5, 0.6) is 5.75 Å². The van der Waals surface area contributed by atoms with Crippen LogP contribution in [-0.2, 0) is 0 Å². The Morgan fingerprint density at radius 2 is 2.00 bits per heavy atom. The first-order valence-electron chi connectivity index (χ1n) is 7.02. The van der Waals surface area contributed by atoms with Gasteiger partial charge in [-0.2, -0.15) is 0 Å². The standard InChI is InChI=1S/C16H22N2O/c1-4-8-17-16-10-12(3)18-15-7-6-13(11-14(15)16)19-9-5-2/h6-7,10-11H,4-5,8-9H2,1-3H3,(H,17,18). The fraction of sp³-hybridized carbons (Fsp3) is 0.438. The van der Waals surface area contributed by atoms with Gasteiger partial charge in [0.15, 0.2) is 0 Å². The van der Waals surface area contributed by atoms with E-state index < -0.39 is 0 Å². The monoisotopic (exact) mass is 258 g/mol. The van der Waals surface area contributed by atoms with Gasteiger partial charge in [0, 0.05) is 23.3 Å². The molecule has 2 aromatic rings. The van der Waals surface area contributed by atoms with Crippen molar-refractivity contribution in [1.29, 1.82) is 0 Å². The molecule has 0 aliphatic carbocycles. The van der Waals surface area contributed by atoms with Crippen molar-refractivity contribution in [2.45, 2.75) is 33.6 Å². The van der Waals surface area contributed by atoms with E-state index in [0.29, 0.717) is 0 Å². The quantitative estimate of drug-likeness (QED) is 0.845. The van der Waals surface area contributed by atoms with Crippen LogP contribution in [0.15, 0.2) is 24.3 Å². The highest BCUT2D eigenvalue weighted by atomic mass is 16.5. The zero-order valence-electron chi connectivity index (χ0n) is 12.0. The molecule has 19 heavy (non-hydrogen) atoms. The lowest BCUT2D eigenvalue weighted by Gasteiger charge is -2.12. The molecule has 0 amide bonds. The maximum atomic E-state index is 5.70. The van der Waals surface area contributed by atoms with E-state index in [1.807, 2.05) is 19.1 Å². The Kier molecular flexibility index (Phi) is 4.61. The summed E-state index contributed by atoms with van der Waals surface area (Å²) in [4.78, 5) is 4.57. The van der Waals surface area contributed by atoms with Gasteiger partial charge in [-0.3, -0.25) is 4.98 Å². The Hall–Kier alpha value is -1.77. The summed E-state index contributed by atoms with van der Waals surface area (Å²) >= 11 is 0. The van der Waals surface area contributed by atoms with Gasteiger partial charge < -0.3 is 10.1 Å². The zero-order chi connectivity index (χ0) is 13.7. The smallest absolute Gasteiger partial charge is 0.120 e. The average Bonchev–Trinajstić information content (AvgIpc) is 2.42. The van der Waals surface area contributed by atoms with Crippen molar-refractivity contribution in [2.24, 2.45) is 0 Å². The zero-order valence-corrected chi connectivity index (χ0v) is 12.0. The van der Waals surface area contributed by atoms with Crippen molar-refractivity contribution in [1.82, 2.24) is 4.98 Å². The second-order valence-corrected chi connectivity index (χ2v) is 4.77. The van der Waals surface area contributed by atoms with Crippen molar-refractivity contribution in [2.75, 3.05) is 18.5 Å². The predicted molar refractivity (Wildman–Crippen MR) is 81.0 cm³/mol. The minimum absolute atomic E-state index is 0.752. The SMILES string of the molecule is CCCNc1cc(C)nc2ccc(OCCC)cc12. The number of benzene rings is 1. The molecule has 3 nitrogen and oxygen atoms in total. The van der Waals surface area contributed by atoms with E-state index in [1.54, 1.807) is 0 Å². The van der Waals surface area contributed by atoms with Crippen LogP contribution in [0, 0.1) is 6.92 Å². The number of hydrogen-bond donors (Lipinski definition) is 1. The number of fused-ring (bicyclic) bond motifs is 1. The Bertz CT molecular complexity index is 552. The van der Waals surface area contributed by atoms with Gasteiger partial charge in [-0.05, 0) is 44.0 Å². The van der Waals surface area contributed by atoms with E-state index in [1.165, 1.54) is 0 Å². The first-order valence-corrected chi connectivity index (χ1v) is 7.02. The Labute approximate surface area is 115 Å². The molecular weight excluding hydrogens is 236 g/mol. The van der Waals surface area contributed by atoms with E-state index in [-0.39, 0.29) is 0 Å². The lowest BCUT2D eigenvalue weighted by molar-refractivity contribution is 0.318. The lowest BCUT2D eigenvalue weighted by atomic mass is 10.1. The Morgan fingerprint density at radius 3 is 2.74 bits per heavy atom. The van der Waals surface area contributed by atoms with Gasteiger partial charge >= 0.3 is 0 Å². The van der Waals surface area contributed by atoms with Gasteiger partial charge in [0.1, 0.15) is 5.75 Å². The minimum Gasteiger partial charge on any atom is -0.494 e. The molecule has 102 valence electrons. The van der Waals surface area contributed by atoms with Crippen LogP contribution in [0.2, 0.25) is 0 Å². The average molecular weight is 258 g/mol. The number of pyridine rings is 1. The number of ether oxygens (including phenoxy) is 1. The molecule has 0 bridgehead atoms. The first-order chi connectivity index (χ1) is 9.24. The summed E-state index contributed by atoms with van der Waals surface area (Å²) in [5.41, 5.74) is 3.20. The maximum Gasteiger partial charge on any atom is 0.120 e. The highest BCUT2D eigenvalue weighted by molar-refractivity contribution is 5.92. The molecule has 1 aromatic carbocycles. The van der Waals surface area contributed by atoms with E-state index in [0.717, 1.165) is 54.0 Å². The molecule has 0 aliphatic heterocycles. The van der Waals surface area contributed by atoms with Crippen molar-refractivity contribution in [3.8, 4) is 5.75 Å². The number of nitrogens with one attached hydrogen (secondary N) is 1. The Balaban J connectivity index is 2.39. The van der Waals surface area contributed by atoms with Crippen molar-refractivity contribution < 1.29 is 4.74 Å². The molecule has 0 saturated carbocycles. The number of rotatable bonds is 6. The molecule has 2 rings (SSSR count). The molecule has 0 aliphatic rings. The summed E-state index contributed by atoms with van der Waals surface area (Å²) in [6.45, 7) is 8.03. The number of anilines is 1. The summed E-state index contributed by atoms with van der Waals surface area (Å²) in [6, 6.07) is 8.20. The van der Waals surface area contributed by atoms with E-state index >= 15 is 0 Å². The summed E-state index contributed by atoms with van der Waals surface area (Å²) in [6.07, 6.45) is 2.13. The van der Waals surface area contributed by atoms with Crippen molar-refractivity contribution in [3.63, 3.8) is 0 Å². The van der Waals surface area contributed by atoms with Crippen LogP contribution < -0.4 is 10.1 Å². The molecule has 3 heteroatoms. The molecule has 0 unspecified atom stereocenters. The first kappa shape index (κ1) is 13.7. The highest BCUT2D eigenvalue weighted by Gasteiger charge is 2.05. The van der Waals surface area contributed by atoms with Gasteiger partial charge in [-0.25, -0.2) is 0 Å². The summed E-state index contributed by atoms with van der Waals surface area (Å²) in [7, 11) is 0. The van der Waals surface area contributed by atoms with Crippen LogP contribution in [0.3, 0.4) is 0 Å². The van der Waals surface area contributed by atoms with Crippen LogP contribution >= 0.6 is 0 Å². The topological polar surface area (TPSA) is 34.2 Å². The summed E-state index contributed by atoms with van der Waals surface area (Å²) in [5.74, 6) is 0.916. The third-order valence-corrected chi connectivity index (χ3v) is 2.95. The predicted octanol–water partition coefficient (Wildman–Crippen LogP) is 4.15. The second kappa shape index (κ2) is 6.41. The van der Waals surface area contributed by atoms with Crippen molar-refractivity contribution in [3.05, 3.63) is 30.0 Å². The molecule has 0 atom stereocenters. The molecular formula is C16H22N2O. The number of hydrogen-bond acceptors (Lipinski definition) is 3. The Morgan fingerprint density at radius 1 is 1.16 bits per heavy atom. The fourth-order valence-electron chi connectivity index (χ4n) is 2.05. The van der Waals surface area contributed by atoms with Gasteiger partial charge in [-0.15, -0.1) is 0 Å². The van der Waals surface area contributed by atoms with Crippen LogP contribution in [0.25, 0.3) is 10.9 Å². The maximum absolute atomic E-state index is 5.70. The van der Waals surface area contributed by atoms with E-state index in [2.05, 4.69) is 36.3 Å². The van der Waals surface area contributed by atoms with Gasteiger partial charge in [0.25, 0.3) is 0 Å². The summed E-state index contributed by atoms with van der Waals surface area (Å²) < 4.78 is 5.70. The van der Waals surface area contributed by atoms with Gasteiger partial charge in [-0.1, -0.05) is 13.8 Å².